The first-order valence-corrected chi connectivity index (χ1v) is 9.24. The minimum atomic E-state index is -0.909. The van der Waals surface area contributed by atoms with Gasteiger partial charge in [0.25, 0.3) is 5.56 Å². The molecule has 2 heterocycles. The molecule has 0 saturated carbocycles. The molecule has 0 fully saturated rings. The van der Waals surface area contributed by atoms with Crippen molar-refractivity contribution < 1.29 is 13.6 Å². The summed E-state index contributed by atoms with van der Waals surface area (Å²) in [5, 5.41) is 10.6. The zero-order valence-corrected chi connectivity index (χ0v) is 16.0. The van der Waals surface area contributed by atoms with Crippen molar-refractivity contribution in [1.29, 1.82) is 0 Å². The van der Waals surface area contributed by atoms with Crippen molar-refractivity contribution in [3.05, 3.63) is 82.4 Å². The summed E-state index contributed by atoms with van der Waals surface area (Å²) in [6.07, 6.45) is 2.25. The lowest BCUT2D eigenvalue weighted by Gasteiger charge is -2.07. The minimum absolute atomic E-state index is 0.183. The first-order chi connectivity index (χ1) is 14.4. The topological polar surface area (TPSA) is 81.3 Å². The van der Waals surface area contributed by atoms with E-state index in [1.165, 1.54) is 16.4 Å². The number of hydrogen-bond acceptors (Lipinski definition) is 4. The first kappa shape index (κ1) is 19.4. The fourth-order valence-corrected chi connectivity index (χ4v) is 3.02. The molecule has 0 atom stereocenters. The van der Waals surface area contributed by atoms with Crippen LogP contribution in [0.15, 0.2) is 59.7 Å². The molecule has 0 aliphatic heterocycles. The van der Waals surface area contributed by atoms with Crippen LogP contribution in [0, 0.1) is 11.6 Å². The molecule has 4 aromatic rings. The molecule has 0 aliphatic rings. The second-order valence-corrected chi connectivity index (χ2v) is 6.68. The Morgan fingerprint density at radius 1 is 1.10 bits per heavy atom. The van der Waals surface area contributed by atoms with E-state index in [1.807, 2.05) is 24.3 Å². The van der Waals surface area contributed by atoms with Gasteiger partial charge in [-0.05, 0) is 30.2 Å². The monoisotopic (exact) mass is 409 g/mol. The van der Waals surface area contributed by atoms with E-state index in [-0.39, 0.29) is 11.2 Å². The van der Waals surface area contributed by atoms with Crippen molar-refractivity contribution in [2.75, 3.05) is 5.32 Å². The summed E-state index contributed by atoms with van der Waals surface area (Å²) < 4.78 is 29.0. The summed E-state index contributed by atoms with van der Waals surface area (Å²) in [6, 6.07) is 12.3. The van der Waals surface area contributed by atoms with Gasteiger partial charge in [-0.2, -0.15) is 10.2 Å². The van der Waals surface area contributed by atoms with E-state index in [0.29, 0.717) is 11.8 Å². The third-order valence-electron chi connectivity index (χ3n) is 4.65. The lowest BCUT2D eigenvalue weighted by molar-refractivity contribution is -0.117. The molecule has 7 nitrogen and oxygen atoms in total. The Bertz CT molecular complexity index is 1300. The number of rotatable bonds is 5. The van der Waals surface area contributed by atoms with Gasteiger partial charge in [0, 0.05) is 11.6 Å². The maximum Gasteiger partial charge on any atom is 0.293 e. The van der Waals surface area contributed by atoms with Gasteiger partial charge in [0.1, 0.15) is 30.0 Å². The number of aryl methyl sites for hydroxylation is 1. The minimum Gasteiger partial charge on any atom is -0.322 e. The molecular formula is C21H17F2N5O2. The Balaban J connectivity index is 1.58. The lowest BCUT2D eigenvalue weighted by atomic mass is 10.1. The molecule has 1 amide bonds. The van der Waals surface area contributed by atoms with E-state index < -0.39 is 29.6 Å². The highest BCUT2D eigenvalue weighted by atomic mass is 19.1. The van der Waals surface area contributed by atoms with Gasteiger partial charge in [0.15, 0.2) is 0 Å². The van der Waals surface area contributed by atoms with Gasteiger partial charge in [-0.3, -0.25) is 9.59 Å². The van der Waals surface area contributed by atoms with Crippen molar-refractivity contribution in [2.45, 2.75) is 19.9 Å². The largest absolute Gasteiger partial charge is 0.322 e. The molecule has 152 valence electrons. The number of anilines is 1. The molecule has 0 unspecified atom stereocenters. The number of nitrogens with zero attached hydrogens (tertiary/aromatic N) is 4. The van der Waals surface area contributed by atoms with E-state index in [0.717, 1.165) is 28.8 Å². The quantitative estimate of drug-likeness (QED) is 0.549. The van der Waals surface area contributed by atoms with Crippen molar-refractivity contribution in [3.8, 4) is 11.3 Å². The van der Waals surface area contributed by atoms with Crippen LogP contribution in [-0.2, 0) is 17.8 Å². The number of amides is 1. The number of carbonyl (C=O) groups excluding carboxylic acids is 1. The molecule has 2 aromatic heterocycles. The van der Waals surface area contributed by atoms with Gasteiger partial charge < -0.3 is 5.32 Å². The van der Waals surface area contributed by atoms with Gasteiger partial charge in [0.2, 0.25) is 5.91 Å². The second kappa shape index (κ2) is 7.86. The summed E-state index contributed by atoms with van der Waals surface area (Å²) >= 11 is 0. The second-order valence-electron chi connectivity index (χ2n) is 6.68. The Morgan fingerprint density at radius 3 is 2.57 bits per heavy atom. The highest BCUT2D eigenvalue weighted by molar-refractivity contribution is 5.90. The summed E-state index contributed by atoms with van der Waals surface area (Å²) in [7, 11) is 0. The average molecular weight is 409 g/mol. The summed E-state index contributed by atoms with van der Waals surface area (Å²) in [5.74, 6) is -2.34. The van der Waals surface area contributed by atoms with Gasteiger partial charge in [-0.15, -0.1) is 0 Å². The molecule has 0 spiro atoms. The van der Waals surface area contributed by atoms with Crippen LogP contribution in [0.25, 0.3) is 16.8 Å². The first-order valence-electron chi connectivity index (χ1n) is 9.24. The smallest absolute Gasteiger partial charge is 0.293 e. The molecular weight excluding hydrogens is 392 g/mol. The van der Waals surface area contributed by atoms with Crippen molar-refractivity contribution in [3.63, 3.8) is 0 Å². The van der Waals surface area contributed by atoms with Crippen molar-refractivity contribution in [2.24, 2.45) is 0 Å². The highest BCUT2D eigenvalue weighted by Crippen LogP contribution is 2.19. The van der Waals surface area contributed by atoms with Crippen LogP contribution in [0.2, 0.25) is 0 Å². The summed E-state index contributed by atoms with van der Waals surface area (Å²) in [5.41, 5.74) is 2.20. The molecule has 30 heavy (non-hydrogen) atoms. The Labute approximate surface area is 169 Å². The van der Waals surface area contributed by atoms with E-state index >= 15 is 0 Å². The van der Waals surface area contributed by atoms with Crippen LogP contribution in [0.3, 0.4) is 0 Å². The molecule has 0 bridgehead atoms. The van der Waals surface area contributed by atoms with E-state index in [2.05, 4.69) is 22.4 Å². The Hall–Kier alpha value is -3.88. The molecule has 9 heteroatoms. The van der Waals surface area contributed by atoms with Gasteiger partial charge in [-0.25, -0.2) is 18.0 Å². The summed E-state index contributed by atoms with van der Waals surface area (Å²) in [6.45, 7) is 1.63. The number of benzene rings is 2. The fourth-order valence-electron chi connectivity index (χ4n) is 3.02. The van der Waals surface area contributed by atoms with Gasteiger partial charge in [-0.1, -0.05) is 31.2 Å². The maximum atomic E-state index is 13.7. The molecule has 0 aliphatic carbocycles. The predicted octanol–water partition coefficient (Wildman–Crippen LogP) is 3.04. The number of carbonyl (C=O) groups is 1. The SMILES string of the molecule is CCc1ccc(-c2cc3c(=O)n(CC(=O)Nc4ccc(F)cc4F)ncn3n2)cc1. The van der Waals surface area contributed by atoms with Crippen LogP contribution in [0.5, 0.6) is 0 Å². The number of fused-ring (bicyclic) bond motifs is 1. The number of nitrogens with one attached hydrogen (secondary N) is 1. The van der Waals surface area contributed by atoms with Crippen LogP contribution in [0.4, 0.5) is 14.5 Å². The molecule has 0 radical (unpaired) electrons. The van der Waals surface area contributed by atoms with Crippen LogP contribution in [0.1, 0.15) is 12.5 Å². The van der Waals surface area contributed by atoms with Gasteiger partial charge >= 0.3 is 0 Å². The highest BCUT2D eigenvalue weighted by Gasteiger charge is 2.14. The molecule has 1 N–H and O–H groups in total. The van der Waals surface area contributed by atoms with E-state index in [4.69, 9.17) is 0 Å². The third kappa shape index (κ3) is 3.82. The van der Waals surface area contributed by atoms with Crippen molar-refractivity contribution in [1.82, 2.24) is 19.4 Å². The average Bonchev–Trinajstić information content (AvgIpc) is 3.17. The summed E-state index contributed by atoms with van der Waals surface area (Å²) in [4.78, 5) is 24.9. The third-order valence-corrected chi connectivity index (χ3v) is 4.65. The van der Waals surface area contributed by atoms with Crippen LogP contribution in [-0.4, -0.2) is 25.3 Å². The Kier molecular flexibility index (Phi) is 5.09. The Morgan fingerprint density at radius 2 is 1.87 bits per heavy atom. The lowest BCUT2D eigenvalue weighted by Crippen LogP contribution is -2.30. The fraction of sp³-hybridized carbons (Fsp3) is 0.143. The van der Waals surface area contributed by atoms with E-state index in [9.17, 15) is 18.4 Å². The standard InChI is InChI=1S/C21H17F2N5O2/c1-2-13-3-5-14(6-4-13)18-10-19-21(30)27(24-12-28(19)26-18)11-20(29)25-17-8-7-15(22)9-16(17)23/h3-10,12H,2,11H2,1H3,(H,25,29). The normalized spacial score (nSPS) is 11.0. The van der Waals surface area contributed by atoms with Gasteiger partial charge in [0.05, 0.1) is 11.4 Å². The zero-order chi connectivity index (χ0) is 21.3. The predicted molar refractivity (Wildman–Crippen MR) is 107 cm³/mol. The molecule has 4 rings (SSSR count). The van der Waals surface area contributed by atoms with Crippen molar-refractivity contribution >= 4 is 17.1 Å². The number of hydrogen-bond donors (Lipinski definition) is 1. The molecule has 0 saturated heterocycles. The maximum absolute atomic E-state index is 13.7. The number of aromatic nitrogens is 4. The number of halogens is 2. The zero-order valence-electron chi connectivity index (χ0n) is 16.0. The van der Waals surface area contributed by atoms with Crippen LogP contribution < -0.4 is 10.9 Å². The molecule has 2 aromatic carbocycles. The van der Waals surface area contributed by atoms with Crippen LogP contribution >= 0.6 is 0 Å². The van der Waals surface area contributed by atoms with E-state index in [1.54, 1.807) is 6.07 Å².